The molecule has 7 heteroatoms. The molecule has 0 spiro atoms. The molecule has 2 aliphatic heterocycles. The van der Waals surface area contributed by atoms with Gasteiger partial charge in [0.1, 0.15) is 0 Å². The Hall–Kier alpha value is -3.03. The number of anilines is 1. The lowest BCUT2D eigenvalue weighted by atomic mass is 10.1. The number of benzene rings is 2. The molecule has 1 amide bonds. The van der Waals surface area contributed by atoms with Gasteiger partial charge in [-0.15, -0.1) is 0 Å². The lowest BCUT2D eigenvalue weighted by Gasteiger charge is -2.34. The fourth-order valence-electron chi connectivity index (χ4n) is 4.53. The molecule has 3 heterocycles. The zero-order valence-electron chi connectivity index (χ0n) is 17.8. The van der Waals surface area contributed by atoms with E-state index in [1.807, 2.05) is 47.4 Å². The van der Waals surface area contributed by atoms with Crippen LogP contribution in [0.5, 0.6) is 0 Å². The minimum atomic E-state index is 0.190. The van der Waals surface area contributed by atoms with E-state index in [0.29, 0.717) is 24.8 Å². The second-order valence-electron chi connectivity index (χ2n) is 8.38. The fourth-order valence-corrected chi connectivity index (χ4v) is 4.53. The molecule has 3 aromatic rings. The first-order chi connectivity index (χ1) is 15.2. The van der Waals surface area contributed by atoms with Crippen molar-refractivity contribution in [3.8, 4) is 11.4 Å². The minimum Gasteiger partial charge on any atom is -0.338 e. The number of hydrogen-bond acceptors (Lipinski definition) is 6. The Kier molecular flexibility index (Phi) is 5.53. The first-order valence-electron chi connectivity index (χ1n) is 10.9. The van der Waals surface area contributed by atoms with Gasteiger partial charge < -0.3 is 9.42 Å². The summed E-state index contributed by atoms with van der Waals surface area (Å²) in [5.74, 6) is 1.45. The second kappa shape index (κ2) is 8.61. The SMILES string of the molecule is C[C@H]1Cc2ccccc2N1C(=O)CN1CCN(Cc2nc(-c3ccccc3)no2)CC1. The third kappa shape index (κ3) is 4.24. The Morgan fingerprint density at radius 1 is 1.00 bits per heavy atom. The van der Waals surface area contributed by atoms with E-state index in [1.54, 1.807) is 0 Å². The lowest BCUT2D eigenvalue weighted by Crippen LogP contribution is -2.50. The number of nitrogens with zero attached hydrogens (tertiary/aromatic N) is 5. The van der Waals surface area contributed by atoms with Gasteiger partial charge in [-0.25, -0.2) is 0 Å². The zero-order valence-corrected chi connectivity index (χ0v) is 17.8. The molecule has 0 bridgehead atoms. The zero-order chi connectivity index (χ0) is 21.2. The maximum Gasteiger partial charge on any atom is 0.241 e. The summed E-state index contributed by atoms with van der Waals surface area (Å²) in [7, 11) is 0. The van der Waals surface area contributed by atoms with Gasteiger partial charge >= 0.3 is 0 Å². The summed E-state index contributed by atoms with van der Waals surface area (Å²) in [4.78, 5) is 24.1. The van der Waals surface area contributed by atoms with Gasteiger partial charge in [0.25, 0.3) is 0 Å². The van der Waals surface area contributed by atoms with Gasteiger partial charge in [0.2, 0.25) is 17.6 Å². The van der Waals surface area contributed by atoms with Gasteiger partial charge in [0, 0.05) is 43.5 Å². The highest BCUT2D eigenvalue weighted by Gasteiger charge is 2.32. The number of rotatable bonds is 5. The molecule has 31 heavy (non-hydrogen) atoms. The van der Waals surface area contributed by atoms with E-state index >= 15 is 0 Å². The number of carbonyl (C=O) groups excluding carboxylic acids is 1. The maximum absolute atomic E-state index is 13.0. The molecular weight excluding hydrogens is 390 g/mol. The van der Waals surface area contributed by atoms with Crippen LogP contribution in [0.25, 0.3) is 11.4 Å². The van der Waals surface area contributed by atoms with Crippen LogP contribution in [0.15, 0.2) is 59.1 Å². The van der Waals surface area contributed by atoms with Crippen molar-refractivity contribution in [2.75, 3.05) is 37.6 Å². The van der Waals surface area contributed by atoms with Crippen LogP contribution >= 0.6 is 0 Å². The third-order valence-corrected chi connectivity index (χ3v) is 6.16. The van der Waals surface area contributed by atoms with Gasteiger partial charge in [0.15, 0.2) is 0 Å². The normalized spacial score (nSPS) is 19.5. The summed E-state index contributed by atoms with van der Waals surface area (Å²) in [5.41, 5.74) is 3.30. The Morgan fingerprint density at radius 2 is 1.71 bits per heavy atom. The van der Waals surface area contributed by atoms with Crippen LogP contribution in [-0.4, -0.2) is 64.6 Å². The topological polar surface area (TPSA) is 65.7 Å². The van der Waals surface area contributed by atoms with Crippen LogP contribution in [0.4, 0.5) is 5.69 Å². The maximum atomic E-state index is 13.0. The summed E-state index contributed by atoms with van der Waals surface area (Å²) < 4.78 is 5.45. The van der Waals surface area contributed by atoms with E-state index in [1.165, 1.54) is 5.56 Å². The highest BCUT2D eigenvalue weighted by molar-refractivity contribution is 5.97. The standard InChI is InChI=1S/C24H27N5O2/c1-18-15-20-9-5-6-10-21(20)29(18)23(30)17-28-13-11-27(12-14-28)16-22-25-24(26-31-22)19-7-3-2-4-8-19/h2-10,18H,11-17H2,1H3/t18-/m0/s1. The van der Waals surface area contributed by atoms with E-state index in [2.05, 4.69) is 39.0 Å². The van der Waals surface area contributed by atoms with E-state index in [-0.39, 0.29) is 11.9 Å². The molecule has 2 aromatic carbocycles. The molecule has 0 unspecified atom stereocenters. The molecule has 2 aliphatic rings. The van der Waals surface area contributed by atoms with Gasteiger partial charge in [-0.3, -0.25) is 14.6 Å². The summed E-state index contributed by atoms with van der Waals surface area (Å²) >= 11 is 0. The number of piperazine rings is 1. The molecule has 5 rings (SSSR count). The quantitative estimate of drug-likeness (QED) is 0.636. The summed E-state index contributed by atoms with van der Waals surface area (Å²) in [5, 5.41) is 4.10. The number of carbonyl (C=O) groups is 1. The lowest BCUT2D eigenvalue weighted by molar-refractivity contribution is -0.120. The average molecular weight is 418 g/mol. The van der Waals surface area contributed by atoms with Crippen molar-refractivity contribution in [2.24, 2.45) is 0 Å². The van der Waals surface area contributed by atoms with Crippen molar-refractivity contribution in [1.82, 2.24) is 19.9 Å². The Morgan fingerprint density at radius 3 is 2.52 bits per heavy atom. The van der Waals surface area contributed by atoms with Crippen LogP contribution in [0.1, 0.15) is 18.4 Å². The van der Waals surface area contributed by atoms with Gasteiger partial charge in [0.05, 0.1) is 13.1 Å². The molecule has 1 fully saturated rings. The largest absolute Gasteiger partial charge is 0.338 e. The number of para-hydroxylation sites is 1. The van der Waals surface area contributed by atoms with Crippen molar-refractivity contribution in [3.05, 3.63) is 66.1 Å². The van der Waals surface area contributed by atoms with E-state index in [0.717, 1.165) is 43.9 Å². The van der Waals surface area contributed by atoms with Crippen molar-refractivity contribution < 1.29 is 9.32 Å². The van der Waals surface area contributed by atoms with Crippen LogP contribution in [0.2, 0.25) is 0 Å². The van der Waals surface area contributed by atoms with Crippen LogP contribution in [0.3, 0.4) is 0 Å². The van der Waals surface area contributed by atoms with Crippen molar-refractivity contribution in [3.63, 3.8) is 0 Å². The van der Waals surface area contributed by atoms with Crippen molar-refractivity contribution >= 4 is 11.6 Å². The van der Waals surface area contributed by atoms with E-state index in [9.17, 15) is 4.79 Å². The number of fused-ring (bicyclic) bond motifs is 1. The summed E-state index contributed by atoms with van der Waals surface area (Å²) in [6.45, 7) is 6.70. The molecule has 1 aromatic heterocycles. The molecule has 0 radical (unpaired) electrons. The smallest absolute Gasteiger partial charge is 0.241 e. The van der Waals surface area contributed by atoms with Crippen LogP contribution < -0.4 is 4.90 Å². The second-order valence-corrected chi connectivity index (χ2v) is 8.38. The number of hydrogen-bond donors (Lipinski definition) is 0. The van der Waals surface area contributed by atoms with Crippen molar-refractivity contribution in [2.45, 2.75) is 25.9 Å². The summed E-state index contributed by atoms with van der Waals surface area (Å²) in [6, 6.07) is 18.3. The molecular formula is C24H27N5O2. The summed E-state index contributed by atoms with van der Waals surface area (Å²) in [6.07, 6.45) is 0.935. The van der Waals surface area contributed by atoms with Crippen LogP contribution in [0, 0.1) is 0 Å². The molecule has 0 N–H and O–H groups in total. The Labute approximate surface area is 182 Å². The molecule has 160 valence electrons. The Balaban J connectivity index is 1.14. The molecule has 0 saturated carbocycles. The van der Waals surface area contributed by atoms with Gasteiger partial charge in [-0.05, 0) is 25.0 Å². The third-order valence-electron chi connectivity index (χ3n) is 6.16. The van der Waals surface area contributed by atoms with E-state index in [4.69, 9.17) is 4.52 Å². The average Bonchev–Trinajstić information content (AvgIpc) is 3.39. The minimum absolute atomic E-state index is 0.190. The fraction of sp³-hybridized carbons (Fsp3) is 0.375. The monoisotopic (exact) mass is 417 g/mol. The predicted molar refractivity (Wildman–Crippen MR) is 119 cm³/mol. The Bertz CT molecular complexity index is 1040. The highest BCUT2D eigenvalue weighted by atomic mass is 16.5. The van der Waals surface area contributed by atoms with Crippen molar-refractivity contribution in [1.29, 1.82) is 0 Å². The molecule has 7 nitrogen and oxygen atoms in total. The van der Waals surface area contributed by atoms with Crippen LogP contribution in [-0.2, 0) is 17.8 Å². The highest BCUT2D eigenvalue weighted by Crippen LogP contribution is 2.31. The van der Waals surface area contributed by atoms with E-state index < -0.39 is 0 Å². The molecule has 1 saturated heterocycles. The first kappa shape index (κ1) is 19.9. The number of amides is 1. The number of aromatic nitrogens is 2. The molecule has 0 aliphatic carbocycles. The predicted octanol–water partition coefficient (Wildman–Crippen LogP) is 2.83. The van der Waals surface area contributed by atoms with Gasteiger partial charge in [-0.2, -0.15) is 4.98 Å². The first-order valence-corrected chi connectivity index (χ1v) is 10.9. The van der Waals surface area contributed by atoms with Gasteiger partial charge in [-0.1, -0.05) is 53.7 Å². The molecule has 1 atom stereocenters.